The number of rotatable bonds is 2. The number of anilines is 2. The van der Waals surface area contributed by atoms with E-state index in [0.717, 1.165) is 6.07 Å². The van der Waals surface area contributed by atoms with Crippen LogP contribution in [0.15, 0.2) is 18.2 Å². The predicted molar refractivity (Wildman–Crippen MR) is 76.0 cm³/mol. The zero-order valence-corrected chi connectivity index (χ0v) is 12.4. The summed E-state index contributed by atoms with van der Waals surface area (Å²) in [4.78, 5) is 8.14. The Morgan fingerprint density at radius 2 is 1.76 bits per heavy atom. The molecule has 7 heteroatoms. The second-order valence-corrected chi connectivity index (χ2v) is 5.05. The molecule has 0 spiro atoms. The normalized spacial score (nSPS) is 11.6. The van der Waals surface area contributed by atoms with Crippen molar-refractivity contribution in [1.29, 1.82) is 0 Å². The summed E-state index contributed by atoms with van der Waals surface area (Å²) in [5.74, 6) is 0.834. The molecule has 0 radical (unpaired) electrons. The van der Waals surface area contributed by atoms with Crippen LogP contribution in [-0.2, 0) is 6.18 Å². The van der Waals surface area contributed by atoms with E-state index in [4.69, 9.17) is 11.6 Å². The van der Waals surface area contributed by atoms with Gasteiger partial charge in [-0.25, -0.2) is 9.97 Å². The molecule has 0 saturated heterocycles. The van der Waals surface area contributed by atoms with Gasteiger partial charge in [0, 0.05) is 11.3 Å². The Labute approximate surface area is 125 Å². The standard InChI is InChI=1S/C14H13ClF3N3/c1-7-4-5-10(6-11(7)14(16,17)18)21-13-8(2)12(15)19-9(3)20-13/h4-6H,1-3H3,(H,19,20,21). The SMILES string of the molecule is Cc1nc(Cl)c(C)c(Nc2ccc(C)c(C(F)(F)F)c2)n1. The molecule has 2 rings (SSSR count). The lowest BCUT2D eigenvalue weighted by Gasteiger charge is -2.14. The summed E-state index contributed by atoms with van der Waals surface area (Å²) in [7, 11) is 0. The molecule has 1 aromatic heterocycles. The third-order valence-electron chi connectivity index (χ3n) is 3.00. The van der Waals surface area contributed by atoms with Gasteiger partial charge in [-0.3, -0.25) is 0 Å². The number of nitrogens with one attached hydrogen (secondary N) is 1. The average Bonchev–Trinajstić information content (AvgIpc) is 2.36. The third-order valence-corrected chi connectivity index (χ3v) is 3.37. The number of hydrogen-bond acceptors (Lipinski definition) is 3. The first-order chi connectivity index (χ1) is 9.68. The Morgan fingerprint density at radius 1 is 1.10 bits per heavy atom. The predicted octanol–water partition coefficient (Wildman–Crippen LogP) is 4.82. The molecule has 0 aliphatic carbocycles. The lowest BCUT2D eigenvalue weighted by atomic mass is 10.1. The molecule has 21 heavy (non-hydrogen) atoms. The summed E-state index contributed by atoms with van der Waals surface area (Å²) in [5, 5.41) is 3.13. The zero-order chi connectivity index (χ0) is 15.8. The molecule has 0 amide bonds. The smallest absolute Gasteiger partial charge is 0.340 e. The maximum Gasteiger partial charge on any atom is 0.416 e. The zero-order valence-electron chi connectivity index (χ0n) is 11.6. The lowest BCUT2D eigenvalue weighted by Crippen LogP contribution is -2.08. The van der Waals surface area contributed by atoms with Gasteiger partial charge >= 0.3 is 6.18 Å². The summed E-state index contributed by atoms with van der Waals surface area (Å²) in [6, 6.07) is 4.03. The maximum absolute atomic E-state index is 12.9. The molecule has 1 heterocycles. The number of aryl methyl sites for hydroxylation is 2. The van der Waals surface area contributed by atoms with Crippen molar-refractivity contribution in [2.24, 2.45) is 0 Å². The van der Waals surface area contributed by atoms with E-state index in [-0.39, 0.29) is 10.7 Å². The summed E-state index contributed by atoms with van der Waals surface area (Å²) in [6.07, 6.45) is -4.39. The van der Waals surface area contributed by atoms with Gasteiger partial charge in [-0.2, -0.15) is 13.2 Å². The molecule has 112 valence electrons. The minimum absolute atomic E-state index is 0.168. The molecular weight excluding hydrogens is 303 g/mol. The van der Waals surface area contributed by atoms with Gasteiger partial charge in [0.2, 0.25) is 0 Å². The molecule has 0 atom stereocenters. The van der Waals surface area contributed by atoms with Crippen molar-refractivity contribution in [3.05, 3.63) is 45.9 Å². The number of benzene rings is 1. The number of hydrogen-bond donors (Lipinski definition) is 1. The highest BCUT2D eigenvalue weighted by Gasteiger charge is 2.32. The minimum Gasteiger partial charge on any atom is -0.340 e. The maximum atomic E-state index is 12.9. The Bertz CT molecular complexity index is 684. The third kappa shape index (κ3) is 3.44. The van der Waals surface area contributed by atoms with Gasteiger partial charge in [-0.05, 0) is 38.5 Å². The van der Waals surface area contributed by atoms with Crippen molar-refractivity contribution < 1.29 is 13.2 Å². The lowest BCUT2D eigenvalue weighted by molar-refractivity contribution is -0.138. The van der Waals surface area contributed by atoms with E-state index in [1.54, 1.807) is 19.9 Å². The fraction of sp³-hybridized carbons (Fsp3) is 0.286. The number of aromatic nitrogens is 2. The van der Waals surface area contributed by atoms with E-state index in [2.05, 4.69) is 15.3 Å². The molecule has 3 nitrogen and oxygen atoms in total. The van der Waals surface area contributed by atoms with Gasteiger partial charge in [0.05, 0.1) is 5.56 Å². The van der Waals surface area contributed by atoms with Crippen LogP contribution in [0.25, 0.3) is 0 Å². The van der Waals surface area contributed by atoms with Crippen molar-refractivity contribution in [2.75, 3.05) is 5.32 Å². The van der Waals surface area contributed by atoms with Crippen LogP contribution in [0.5, 0.6) is 0 Å². The van der Waals surface area contributed by atoms with Gasteiger partial charge in [-0.1, -0.05) is 17.7 Å². The number of nitrogens with zero attached hydrogens (tertiary/aromatic N) is 2. The second-order valence-electron chi connectivity index (χ2n) is 4.69. The fourth-order valence-corrected chi connectivity index (χ4v) is 2.07. The highest BCUT2D eigenvalue weighted by Crippen LogP contribution is 2.34. The largest absolute Gasteiger partial charge is 0.416 e. The van der Waals surface area contributed by atoms with Crippen LogP contribution in [0.3, 0.4) is 0 Å². The topological polar surface area (TPSA) is 37.8 Å². The van der Waals surface area contributed by atoms with Crippen LogP contribution in [0.4, 0.5) is 24.7 Å². The van der Waals surface area contributed by atoms with Crippen molar-refractivity contribution in [3.8, 4) is 0 Å². The summed E-state index contributed by atoms with van der Waals surface area (Å²) < 4.78 is 38.7. The monoisotopic (exact) mass is 315 g/mol. The highest BCUT2D eigenvalue weighted by atomic mass is 35.5. The van der Waals surface area contributed by atoms with E-state index in [0.29, 0.717) is 22.9 Å². The number of alkyl halides is 3. The summed E-state index contributed by atoms with van der Waals surface area (Å²) in [5.41, 5.74) is 0.366. The van der Waals surface area contributed by atoms with Gasteiger partial charge < -0.3 is 5.32 Å². The van der Waals surface area contributed by atoms with E-state index in [1.165, 1.54) is 13.0 Å². The molecule has 0 aliphatic heterocycles. The van der Waals surface area contributed by atoms with Gasteiger partial charge in [0.15, 0.2) is 0 Å². The Balaban J connectivity index is 2.41. The van der Waals surface area contributed by atoms with Crippen molar-refractivity contribution in [3.63, 3.8) is 0 Å². The van der Waals surface area contributed by atoms with Crippen LogP contribution < -0.4 is 5.32 Å². The molecule has 0 aliphatic rings. The first kappa shape index (κ1) is 15.6. The molecular formula is C14H13ClF3N3. The molecule has 0 saturated carbocycles. The molecule has 0 bridgehead atoms. The first-order valence-electron chi connectivity index (χ1n) is 6.14. The molecule has 2 aromatic rings. The quantitative estimate of drug-likeness (QED) is 0.808. The summed E-state index contributed by atoms with van der Waals surface area (Å²) in [6.45, 7) is 4.78. The Morgan fingerprint density at radius 3 is 2.38 bits per heavy atom. The fourth-order valence-electron chi connectivity index (χ4n) is 1.86. The van der Waals surface area contributed by atoms with Crippen LogP contribution in [0, 0.1) is 20.8 Å². The highest BCUT2D eigenvalue weighted by molar-refractivity contribution is 6.30. The van der Waals surface area contributed by atoms with E-state index in [9.17, 15) is 13.2 Å². The van der Waals surface area contributed by atoms with Gasteiger partial charge in [-0.15, -0.1) is 0 Å². The summed E-state index contributed by atoms with van der Waals surface area (Å²) >= 11 is 5.94. The second kappa shape index (κ2) is 5.52. The first-order valence-corrected chi connectivity index (χ1v) is 6.52. The van der Waals surface area contributed by atoms with E-state index < -0.39 is 11.7 Å². The van der Waals surface area contributed by atoms with Gasteiger partial charge in [0.25, 0.3) is 0 Å². The van der Waals surface area contributed by atoms with Crippen LogP contribution in [-0.4, -0.2) is 9.97 Å². The average molecular weight is 316 g/mol. The minimum atomic E-state index is -4.39. The molecule has 0 fully saturated rings. The van der Waals surface area contributed by atoms with E-state index >= 15 is 0 Å². The van der Waals surface area contributed by atoms with Gasteiger partial charge in [0.1, 0.15) is 16.8 Å². The van der Waals surface area contributed by atoms with Crippen molar-refractivity contribution in [2.45, 2.75) is 26.9 Å². The van der Waals surface area contributed by atoms with Crippen molar-refractivity contribution in [1.82, 2.24) is 9.97 Å². The van der Waals surface area contributed by atoms with Crippen molar-refractivity contribution >= 4 is 23.1 Å². The van der Waals surface area contributed by atoms with Crippen LogP contribution in [0.1, 0.15) is 22.5 Å². The Hall–Kier alpha value is -1.82. The van der Waals surface area contributed by atoms with Crippen LogP contribution >= 0.6 is 11.6 Å². The number of halogens is 4. The molecule has 1 aromatic carbocycles. The Kier molecular flexibility index (Phi) is 4.09. The molecule has 0 unspecified atom stereocenters. The molecule has 1 N–H and O–H groups in total. The van der Waals surface area contributed by atoms with Crippen LogP contribution in [0.2, 0.25) is 5.15 Å². The van der Waals surface area contributed by atoms with E-state index in [1.807, 2.05) is 0 Å².